The molecule has 2 aliphatic rings. The summed E-state index contributed by atoms with van der Waals surface area (Å²) < 4.78 is 12.6. The van der Waals surface area contributed by atoms with Gasteiger partial charge in [0.1, 0.15) is 0 Å². The summed E-state index contributed by atoms with van der Waals surface area (Å²) >= 11 is 5.49. The van der Waals surface area contributed by atoms with Crippen LogP contribution in [-0.2, 0) is 6.54 Å². The zero-order chi connectivity index (χ0) is 22.4. The van der Waals surface area contributed by atoms with E-state index in [2.05, 4.69) is 18.8 Å². The highest BCUT2D eigenvalue weighted by molar-refractivity contribution is 7.71. The van der Waals surface area contributed by atoms with Crippen LogP contribution in [0.4, 0.5) is 0 Å². The molecule has 8 heteroatoms. The fourth-order valence-corrected chi connectivity index (χ4v) is 5.02. The minimum Gasteiger partial charge on any atom is -0.454 e. The van der Waals surface area contributed by atoms with Crippen LogP contribution in [0.3, 0.4) is 0 Å². The molecule has 32 heavy (non-hydrogen) atoms. The van der Waals surface area contributed by atoms with E-state index >= 15 is 0 Å². The third kappa shape index (κ3) is 3.79. The predicted molar refractivity (Wildman–Crippen MR) is 124 cm³/mol. The lowest BCUT2D eigenvalue weighted by molar-refractivity contribution is 0.0623. The maximum absolute atomic E-state index is 13.2. The number of hydrogen-bond acceptors (Lipinski definition) is 5. The monoisotopic (exact) mass is 451 g/mol. The van der Waals surface area contributed by atoms with Crippen molar-refractivity contribution in [2.45, 2.75) is 26.8 Å². The first-order chi connectivity index (χ1) is 15.4. The molecular weight excluding hydrogens is 426 g/mol. The fraction of sp³-hybridized carbons (Fsp3) is 0.375. The van der Waals surface area contributed by atoms with Crippen LogP contribution in [0.1, 0.15) is 36.2 Å². The van der Waals surface area contributed by atoms with E-state index in [9.17, 15) is 9.59 Å². The molecule has 7 nitrogen and oxygen atoms in total. The second-order valence-electron chi connectivity index (χ2n) is 8.93. The van der Waals surface area contributed by atoms with Crippen LogP contribution in [0.2, 0.25) is 0 Å². The number of benzene rings is 2. The standard InChI is InChI=1S/C24H25N3O4S/c1-14-7-15(2)11-26(10-14)22(28)17-4-5-18-19(9-17)25-24(32)27(23(18)29)12-16-3-6-20-21(8-16)31-13-30-20/h3-6,8-9,14-15H,7,10-13H2,1-2H3,(H,25,32)/t14-,15+. The van der Waals surface area contributed by atoms with E-state index in [-0.39, 0.29) is 18.3 Å². The van der Waals surface area contributed by atoms with E-state index in [1.807, 2.05) is 23.1 Å². The van der Waals surface area contributed by atoms with Gasteiger partial charge < -0.3 is 19.4 Å². The van der Waals surface area contributed by atoms with Crippen molar-refractivity contribution in [1.29, 1.82) is 0 Å². The average Bonchev–Trinajstić information content (AvgIpc) is 3.23. The SMILES string of the molecule is C[C@@H]1C[C@H](C)CN(C(=O)c2ccc3c(=O)n(Cc4ccc5c(c4)OCO5)c(=S)[nH]c3c2)C1. The van der Waals surface area contributed by atoms with Gasteiger partial charge in [0.25, 0.3) is 11.5 Å². The molecule has 1 aromatic heterocycles. The summed E-state index contributed by atoms with van der Waals surface area (Å²) in [6.45, 7) is 6.38. The highest BCUT2D eigenvalue weighted by Crippen LogP contribution is 2.32. The summed E-state index contributed by atoms with van der Waals surface area (Å²) in [5.41, 5.74) is 1.83. The highest BCUT2D eigenvalue weighted by atomic mass is 32.1. The smallest absolute Gasteiger partial charge is 0.262 e. The molecule has 2 aliphatic heterocycles. The average molecular weight is 452 g/mol. The molecule has 5 rings (SSSR count). The molecular formula is C24H25N3O4S. The summed E-state index contributed by atoms with van der Waals surface area (Å²) in [4.78, 5) is 31.3. The number of carbonyl (C=O) groups excluding carboxylic acids is 1. The molecule has 166 valence electrons. The van der Waals surface area contributed by atoms with Crippen molar-refractivity contribution in [2.75, 3.05) is 19.9 Å². The van der Waals surface area contributed by atoms with E-state index in [1.165, 1.54) is 4.57 Å². The van der Waals surface area contributed by atoms with Gasteiger partial charge in [0.2, 0.25) is 6.79 Å². The van der Waals surface area contributed by atoms with Crippen LogP contribution in [0.15, 0.2) is 41.2 Å². The molecule has 0 unspecified atom stereocenters. The third-order valence-corrected chi connectivity index (χ3v) is 6.49. The predicted octanol–water partition coefficient (Wildman–Crippen LogP) is 3.95. The van der Waals surface area contributed by atoms with Gasteiger partial charge in [-0.05, 0) is 66.4 Å². The van der Waals surface area contributed by atoms with E-state index in [0.717, 1.165) is 25.1 Å². The molecule has 0 bridgehead atoms. The molecule has 0 saturated carbocycles. The van der Waals surface area contributed by atoms with Gasteiger partial charge >= 0.3 is 0 Å². The van der Waals surface area contributed by atoms with Gasteiger partial charge in [0.15, 0.2) is 16.3 Å². The van der Waals surface area contributed by atoms with Crippen LogP contribution >= 0.6 is 12.2 Å². The molecule has 1 N–H and O–H groups in total. The van der Waals surface area contributed by atoms with Gasteiger partial charge in [-0.15, -0.1) is 0 Å². The zero-order valence-electron chi connectivity index (χ0n) is 18.1. The van der Waals surface area contributed by atoms with Crippen LogP contribution in [0.5, 0.6) is 11.5 Å². The molecule has 1 amide bonds. The number of piperidine rings is 1. The Morgan fingerprint density at radius 3 is 2.62 bits per heavy atom. The van der Waals surface area contributed by atoms with E-state index in [0.29, 0.717) is 51.1 Å². The number of carbonyl (C=O) groups is 1. The van der Waals surface area contributed by atoms with E-state index < -0.39 is 0 Å². The van der Waals surface area contributed by atoms with Gasteiger partial charge in [-0.1, -0.05) is 19.9 Å². The number of fused-ring (bicyclic) bond motifs is 2. The fourth-order valence-electron chi connectivity index (χ4n) is 4.76. The zero-order valence-corrected chi connectivity index (χ0v) is 18.9. The Labute approximate surface area is 190 Å². The Balaban J connectivity index is 1.46. The van der Waals surface area contributed by atoms with Crippen LogP contribution in [0.25, 0.3) is 10.9 Å². The first kappa shape index (κ1) is 20.8. The number of ether oxygens (including phenoxy) is 2. The molecule has 2 atom stereocenters. The number of nitrogens with zero attached hydrogens (tertiary/aromatic N) is 2. The Kier molecular flexibility index (Phi) is 5.25. The Morgan fingerprint density at radius 1 is 1.09 bits per heavy atom. The summed E-state index contributed by atoms with van der Waals surface area (Å²) in [7, 11) is 0. The number of aromatic amines is 1. The van der Waals surface area contributed by atoms with Crippen LogP contribution in [0, 0.1) is 16.6 Å². The lowest BCUT2D eigenvalue weighted by atomic mass is 9.91. The summed E-state index contributed by atoms with van der Waals surface area (Å²) in [6, 6.07) is 10.8. The van der Waals surface area contributed by atoms with Gasteiger partial charge in [0, 0.05) is 18.7 Å². The summed E-state index contributed by atoms with van der Waals surface area (Å²) in [5.74, 6) is 2.32. The largest absolute Gasteiger partial charge is 0.454 e. The minimum absolute atomic E-state index is 0.00541. The second-order valence-corrected chi connectivity index (χ2v) is 9.31. The minimum atomic E-state index is -0.194. The topological polar surface area (TPSA) is 76.6 Å². The number of aromatic nitrogens is 2. The van der Waals surface area contributed by atoms with Gasteiger partial charge in [-0.25, -0.2) is 0 Å². The maximum atomic E-state index is 13.2. The first-order valence-corrected chi connectivity index (χ1v) is 11.2. The normalized spacial score (nSPS) is 20.0. The third-order valence-electron chi connectivity index (χ3n) is 6.16. The first-order valence-electron chi connectivity index (χ1n) is 10.8. The lowest BCUT2D eigenvalue weighted by Crippen LogP contribution is -2.42. The van der Waals surface area contributed by atoms with Crippen molar-refractivity contribution in [2.24, 2.45) is 11.8 Å². The number of rotatable bonds is 3. The molecule has 2 aromatic carbocycles. The quantitative estimate of drug-likeness (QED) is 0.610. The van der Waals surface area contributed by atoms with Crippen molar-refractivity contribution >= 4 is 29.0 Å². The number of amides is 1. The lowest BCUT2D eigenvalue weighted by Gasteiger charge is -2.35. The van der Waals surface area contributed by atoms with Crippen molar-refractivity contribution in [3.8, 4) is 11.5 Å². The highest BCUT2D eigenvalue weighted by Gasteiger charge is 2.26. The maximum Gasteiger partial charge on any atom is 0.262 e. The summed E-state index contributed by atoms with van der Waals surface area (Å²) in [6.07, 6.45) is 1.14. The number of nitrogens with one attached hydrogen (secondary N) is 1. The Hall–Kier alpha value is -3.13. The molecule has 0 radical (unpaired) electrons. The molecule has 0 aliphatic carbocycles. The Bertz CT molecular complexity index is 1320. The molecule has 0 spiro atoms. The van der Waals surface area contributed by atoms with Crippen LogP contribution < -0.4 is 15.0 Å². The van der Waals surface area contributed by atoms with Gasteiger partial charge in [-0.2, -0.15) is 0 Å². The Morgan fingerprint density at radius 2 is 1.84 bits per heavy atom. The molecule has 1 saturated heterocycles. The summed E-state index contributed by atoms with van der Waals surface area (Å²) in [5, 5.41) is 0.497. The van der Waals surface area contributed by atoms with E-state index in [1.54, 1.807) is 18.2 Å². The number of H-pyrrole nitrogens is 1. The molecule has 3 aromatic rings. The molecule has 1 fully saturated rings. The van der Waals surface area contributed by atoms with Crippen molar-refractivity contribution in [1.82, 2.24) is 14.5 Å². The van der Waals surface area contributed by atoms with Gasteiger partial charge in [0.05, 0.1) is 17.4 Å². The van der Waals surface area contributed by atoms with E-state index in [4.69, 9.17) is 21.7 Å². The number of hydrogen-bond donors (Lipinski definition) is 1. The van der Waals surface area contributed by atoms with Crippen molar-refractivity contribution < 1.29 is 14.3 Å². The number of likely N-dealkylation sites (tertiary alicyclic amines) is 1. The second kappa shape index (κ2) is 8.09. The van der Waals surface area contributed by atoms with Gasteiger partial charge in [-0.3, -0.25) is 14.2 Å². The van der Waals surface area contributed by atoms with Crippen molar-refractivity contribution in [3.05, 3.63) is 62.6 Å². The molecule has 3 heterocycles. The van der Waals surface area contributed by atoms with Crippen molar-refractivity contribution in [3.63, 3.8) is 0 Å². The van der Waals surface area contributed by atoms with Crippen LogP contribution in [-0.4, -0.2) is 40.2 Å².